The molecule has 0 spiro atoms. The van der Waals surface area contributed by atoms with E-state index >= 15 is 0 Å². The molecule has 1 aliphatic carbocycles. The minimum atomic E-state index is -3.02. The van der Waals surface area contributed by atoms with Crippen LogP contribution in [-0.2, 0) is 9.84 Å². The molecule has 0 aromatic heterocycles. The standard InChI is InChI=1S/C12H17NO3S/c1-16-9-5-3-8(4-6-9)11-10(7-13)12(11)17(2,14)15/h3-6,10-12H,7,13H2,1-2H3/t10-,11+,12+/m0/s1. The van der Waals surface area contributed by atoms with Gasteiger partial charge in [0.2, 0.25) is 0 Å². The first-order valence-electron chi connectivity index (χ1n) is 5.52. The van der Waals surface area contributed by atoms with Crippen molar-refractivity contribution in [1.82, 2.24) is 0 Å². The summed E-state index contributed by atoms with van der Waals surface area (Å²) in [5.74, 6) is 0.869. The molecule has 0 unspecified atom stereocenters. The van der Waals surface area contributed by atoms with Gasteiger partial charge in [-0.25, -0.2) is 8.42 Å². The van der Waals surface area contributed by atoms with E-state index in [-0.39, 0.29) is 17.1 Å². The Labute approximate surface area is 102 Å². The molecule has 0 aliphatic heterocycles. The van der Waals surface area contributed by atoms with Crippen LogP contribution in [0.5, 0.6) is 5.75 Å². The smallest absolute Gasteiger partial charge is 0.151 e. The first-order chi connectivity index (χ1) is 7.99. The quantitative estimate of drug-likeness (QED) is 0.863. The third-order valence-electron chi connectivity index (χ3n) is 3.36. The molecule has 1 saturated carbocycles. The first-order valence-corrected chi connectivity index (χ1v) is 7.47. The summed E-state index contributed by atoms with van der Waals surface area (Å²) in [6, 6.07) is 7.52. The molecule has 0 saturated heterocycles. The molecule has 1 aliphatic rings. The normalized spacial score (nSPS) is 27.8. The Morgan fingerprint density at radius 1 is 1.29 bits per heavy atom. The number of sulfone groups is 1. The lowest BCUT2D eigenvalue weighted by Gasteiger charge is -2.02. The van der Waals surface area contributed by atoms with Crippen molar-refractivity contribution in [3.63, 3.8) is 0 Å². The maximum Gasteiger partial charge on any atom is 0.151 e. The monoisotopic (exact) mass is 255 g/mol. The number of ether oxygens (including phenoxy) is 1. The second-order valence-electron chi connectivity index (χ2n) is 4.49. The van der Waals surface area contributed by atoms with E-state index in [0.29, 0.717) is 6.54 Å². The number of nitrogens with two attached hydrogens (primary N) is 1. The second-order valence-corrected chi connectivity index (χ2v) is 6.70. The summed E-state index contributed by atoms with van der Waals surface area (Å²) in [7, 11) is -1.41. The van der Waals surface area contributed by atoms with E-state index in [9.17, 15) is 8.42 Å². The zero-order chi connectivity index (χ0) is 12.6. The summed E-state index contributed by atoms with van der Waals surface area (Å²) < 4.78 is 28.3. The van der Waals surface area contributed by atoms with Gasteiger partial charge in [-0.2, -0.15) is 0 Å². The van der Waals surface area contributed by atoms with Crippen molar-refractivity contribution in [3.8, 4) is 5.75 Å². The van der Waals surface area contributed by atoms with E-state index in [0.717, 1.165) is 11.3 Å². The van der Waals surface area contributed by atoms with E-state index in [1.54, 1.807) is 7.11 Å². The van der Waals surface area contributed by atoms with Gasteiger partial charge in [0.1, 0.15) is 5.75 Å². The Morgan fingerprint density at radius 3 is 2.24 bits per heavy atom. The van der Waals surface area contributed by atoms with Gasteiger partial charge in [0.25, 0.3) is 0 Å². The number of hydrogen-bond acceptors (Lipinski definition) is 4. The number of benzene rings is 1. The van der Waals surface area contributed by atoms with Crippen LogP contribution in [0, 0.1) is 5.92 Å². The molecule has 0 bridgehead atoms. The second kappa shape index (κ2) is 4.31. The van der Waals surface area contributed by atoms with Crippen molar-refractivity contribution in [1.29, 1.82) is 0 Å². The average Bonchev–Trinajstić information content (AvgIpc) is 3.03. The van der Waals surface area contributed by atoms with Crippen LogP contribution in [0.4, 0.5) is 0 Å². The Morgan fingerprint density at radius 2 is 1.88 bits per heavy atom. The SMILES string of the molecule is COc1ccc([C@@H]2[C@H](CN)[C@H]2S(C)(=O)=O)cc1. The molecule has 1 fully saturated rings. The van der Waals surface area contributed by atoms with Crippen molar-refractivity contribution in [2.24, 2.45) is 11.7 Å². The molecule has 0 radical (unpaired) electrons. The maximum absolute atomic E-state index is 11.6. The zero-order valence-electron chi connectivity index (χ0n) is 9.96. The molecule has 0 heterocycles. The minimum absolute atomic E-state index is 0.0425. The molecule has 2 rings (SSSR count). The summed E-state index contributed by atoms with van der Waals surface area (Å²) in [6.07, 6.45) is 1.28. The van der Waals surface area contributed by atoms with Crippen molar-refractivity contribution in [2.75, 3.05) is 19.9 Å². The van der Waals surface area contributed by atoms with E-state index in [1.807, 2.05) is 24.3 Å². The Hall–Kier alpha value is -1.07. The van der Waals surface area contributed by atoms with Crippen LogP contribution in [-0.4, -0.2) is 33.6 Å². The highest BCUT2D eigenvalue weighted by molar-refractivity contribution is 7.91. The molecule has 5 heteroatoms. The van der Waals surface area contributed by atoms with Crippen LogP contribution in [0.2, 0.25) is 0 Å². The van der Waals surface area contributed by atoms with Crippen molar-refractivity contribution >= 4 is 9.84 Å². The molecule has 1 aromatic rings. The predicted molar refractivity (Wildman–Crippen MR) is 66.9 cm³/mol. The predicted octanol–water partition coefficient (Wildman–Crippen LogP) is 0.780. The molecular weight excluding hydrogens is 238 g/mol. The van der Waals surface area contributed by atoms with E-state index < -0.39 is 9.84 Å². The van der Waals surface area contributed by atoms with Crippen LogP contribution in [0.25, 0.3) is 0 Å². The van der Waals surface area contributed by atoms with Gasteiger partial charge in [0.05, 0.1) is 12.4 Å². The topological polar surface area (TPSA) is 69.4 Å². The van der Waals surface area contributed by atoms with Gasteiger partial charge in [-0.15, -0.1) is 0 Å². The molecule has 3 atom stereocenters. The number of methoxy groups -OCH3 is 1. The van der Waals surface area contributed by atoms with Crippen LogP contribution in [0.15, 0.2) is 24.3 Å². The van der Waals surface area contributed by atoms with Crippen LogP contribution in [0.3, 0.4) is 0 Å². The molecule has 2 N–H and O–H groups in total. The Kier molecular flexibility index (Phi) is 3.14. The molecule has 1 aromatic carbocycles. The fraction of sp³-hybridized carbons (Fsp3) is 0.500. The highest BCUT2D eigenvalue weighted by Gasteiger charge is 2.55. The van der Waals surface area contributed by atoms with Gasteiger partial charge in [-0.1, -0.05) is 12.1 Å². The number of hydrogen-bond donors (Lipinski definition) is 1. The summed E-state index contributed by atoms with van der Waals surface area (Å²) in [5.41, 5.74) is 6.64. The highest BCUT2D eigenvalue weighted by Crippen LogP contribution is 2.51. The largest absolute Gasteiger partial charge is 0.497 e. The summed E-state index contributed by atoms with van der Waals surface area (Å²) in [4.78, 5) is 0. The van der Waals surface area contributed by atoms with E-state index in [1.165, 1.54) is 6.26 Å². The lowest BCUT2D eigenvalue weighted by atomic mass is 10.1. The van der Waals surface area contributed by atoms with Crippen LogP contribution < -0.4 is 10.5 Å². The zero-order valence-corrected chi connectivity index (χ0v) is 10.8. The van der Waals surface area contributed by atoms with Gasteiger partial charge in [-0.3, -0.25) is 0 Å². The first kappa shape index (κ1) is 12.4. The summed E-state index contributed by atoms with van der Waals surface area (Å²) in [6.45, 7) is 0.411. The van der Waals surface area contributed by atoms with Gasteiger partial charge in [0, 0.05) is 12.2 Å². The van der Waals surface area contributed by atoms with E-state index in [2.05, 4.69) is 0 Å². The lowest BCUT2D eigenvalue weighted by molar-refractivity contribution is 0.414. The maximum atomic E-state index is 11.6. The van der Waals surface area contributed by atoms with Crippen molar-refractivity contribution in [3.05, 3.63) is 29.8 Å². The Balaban J connectivity index is 2.23. The van der Waals surface area contributed by atoms with Crippen molar-refractivity contribution < 1.29 is 13.2 Å². The molecular formula is C12H17NO3S. The Bertz CT molecular complexity index is 495. The molecule has 17 heavy (non-hydrogen) atoms. The average molecular weight is 255 g/mol. The summed E-state index contributed by atoms with van der Waals surface area (Å²) >= 11 is 0. The lowest BCUT2D eigenvalue weighted by Crippen LogP contribution is -2.11. The van der Waals surface area contributed by atoms with Gasteiger partial charge in [0.15, 0.2) is 9.84 Å². The molecule has 4 nitrogen and oxygen atoms in total. The third-order valence-corrected chi connectivity index (χ3v) is 5.00. The van der Waals surface area contributed by atoms with Crippen LogP contribution in [0.1, 0.15) is 11.5 Å². The fourth-order valence-corrected chi connectivity index (χ4v) is 4.19. The fourth-order valence-electron chi connectivity index (χ4n) is 2.47. The van der Waals surface area contributed by atoms with Gasteiger partial charge < -0.3 is 10.5 Å². The van der Waals surface area contributed by atoms with Crippen LogP contribution >= 0.6 is 0 Å². The minimum Gasteiger partial charge on any atom is -0.497 e. The third kappa shape index (κ3) is 2.30. The number of rotatable bonds is 4. The van der Waals surface area contributed by atoms with E-state index in [4.69, 9.17) is 10.5 Å². The molecule has 94 valence electrons. The van der Waals surface area contributed by atoms with Gasteiger partial charge >= 0.3 is 0 Å². The summed E-state index contributed by atoms with van der Waals surface area (Å²) in [5, 5.41) is -0.319. The molecule has 0 amide bonds. The highest BCUT2D eigenvalue weighted by atomic mass is 32.2. The van der Waals surface area contributed by atoms with Gasteiger partial charge in [-0.05, 0) is 30.2 Å². The van der Waals surface area contributed by atoms with Crippen molar-refractivity contribution in [2.45, 2.75) is 11.2 Å².